The van der Waals surface area contributed by atoms with Crippen LogP contribution in [-0.2, 0) is 6.18 Å². The second-order valence-corrected chi connectivity index (χ2v) is 5.28. The molecule has 7 heteroatoms. The van der Waals surface area contributed by atoms with E-state index < -0.39 is 17.6 Å². The number of carbonyl (C=O) groups excluding carboxylic acids is 1. The highest BCUT2D eigenvalue weighted by Gasteiger charge is 2.30. The Bertz CT molecular complexity index is 729. The van der Waals surface area contributed by atoms with Crippen LogP contribution in [0.25, 0.3) is 0 Å². The lowest BCUT2D eigenvalue weighted by Gasteiger charge is -2.12. The van der Waals surface area contributed by atoms with Crippen LogP contribution in [0.2, 0.25) is 0 Å². The van der Waals surface area contributed by atoms with Crippen molar-refractivity contribution >= 4 is 17.3 Å². The predicted molar refractivity (Wildman–Crippen MR) is 88.1 cm³/mol. The zero-order valence-electron chi connectivity index (χ0n) is 13.1. The van der Waals surface area contributed by atoms with Crippen molar-refractivity contribution in [3.63, 3.8) is 0 Å². The molecule has 0 saturated heterocycles. The van der Waals surface area contributed by atoms with Crippen LogP contribution in [0.4, 0.5) is 24.5 Å². The van der Waals surface area contributed by atoms with E-state index in [1.54, 1.807) is 18.2 Å². The summed E-state index contributed by atoms with van der Waals surface area (Å²) in [6, 6.07) is 9.52. The fourth-order valence-electron chi connectivity index (χ4n) is 2.14. The molecule has 0 saturated carbocycles. The van der Waals surface area contributed by atoms with E-state index in [4.69, 9.17) is 5.73 Å². The third-order valence-electron chi connectivity index (χ3n) is 3.41. The third-order valence-corrected chi connectivity index (χ3v) is 3.41. The summed E-state index contributed by atoms with van der Waals surface area (Å²) in [4.78, 5) is 12.2. The molecule has 0 radical (unpaired) electrons. The van der Waals surface area contributed by atoms with Crippen LogP contribution in [0.5, 0.6) is 0 Å². The van der Waals surface area contributed by atoms with Gasteiger partial charge in [0, 0.05) is 30.0 Å². The molecular weight excluding hydrogens is 319 g/mol. The normalized spacial score (nSPS) is 11.2. The van der Waals surface area contributed by atoms with Gasteiger partial charge in [-0.15, -0.1) is 0 Å². The molecule has 4 N–H and O–H groups in total. The van der Waals surface area contributed by atoms with Gasteiger partial charge in [-0.2, -0.15) is 13.2 Å². The van der Waals surface area contributed by atoms with Crippen LogP contribution in [0, 0.1) is 6.92 Å². The topological polar surface area (TPSA) is 67.2 Å². The first kappa shape index (κ1) is 17.8. The van der Waals surface area contributed by atoms with Gasteiger partial charge >= 0.3 is 6.18 Å². The molecule has 0 heterocycles. The van der Waals surface area contributed by atoms with Crippen molar-refractivity contribution in [3.05, 3.63) is 59.2 Å². The minimum Gasteiger partial charge on any atom is -0.384 e. The van der Waals surface area contributed by atoms with Gasteiger partial charge in [-0.05, 0) is 42.8 Å². The lowest BCUT2D eigenvalue weighted by atomic mass is 10.1. The highest BCUT2D eigenvalue weighted by molar-refractivity contribution is 6.04. The molecule has 0 spiro atoms. The van der Waals surface area contributed by atoms with Crippen LogP contribution in [0.3, 0.4) is 0 Å². The zero-order valence-corrected chi connectivity index (χ0v) is 13.1. The van der Waals surface area contributed by atoms with E-state index in [-0.39, 0.29) is 5.56 Å². The molecule has 2 aromatic rings. The molecule has 0 aliphatic rings. The minimum atomic E-state index is -4.49. The zero-order chi connectivity index (χ0) is 17.7. The van der Waals surface area contributed by atoms with Crippen molar-refractivity contribution < 1.29 is 18.0 Å². The summed E-state index contributed by atoms with van der Waals surface area (Å²) in [6.07, 6.45) is -4.49. The second-order valence-electron chi connectivity index (χ2n) is 5.28. The average Bonchev–Trinajstić information content (AvgIpc) is 2.54. The first-order valence-corrected chi connectivity index (χ1v) is 7.34. The minimum absolute atomic E-state index is 0.0538. The number of nitrogens with one attached hydrogen (secondary N) is 2. The summed E-state index contributed by atoms with van der Waals surface area (Å²) in [5.74, 6) is -0.602. The number of nitrogens with two attached hydrogens (primary N) is 1. The highest BCUT2D eigenvalue weighted by atomic mass is 19.4. The van der Waals surface area contributed by atoms with Gasteiger partial charge in [-0.1, -0.05) is 12.1 Å². The van der Waals surface area contributed by atoms with Crippen LogP contribution in [0.1, 0.15) is 21.5 Å². The number of carbonyl (C=O) groups is 1. The molecule has 0 bridgehead atoms. The number of alkyl halides is 3. The smallest absolute Gasteiger partial charge is 0.384 e. The van der Waals surface area contributed by atoms with Crippen LogP contribution < -0.4 is 16.4 Å². The van der Waals surface area contributed by atoms with E-state index in [2.05, 4.69) is 10.6 Å². The van der Waals surface area contributed by atoms with Gasteiger partial charge in [0.15, 0.2) is 0 Å². The Hall–Kier alpha value is -2.54. The van der Waals surface area contributed by atoms with Crippen molar-refractivity contribution in [1.82, 2.24) is 0 Å². The fraction of sp³-hybridized carbons (Fsp3) is 0.235. The summed E-state index contributed by atoms with van der Waals surface area (Å²) < 4.78 is 38.2. The molecule has 2 aromatic carbocycles. The number of rotatable bonds is 5. The van der Waals surface area contributed by atoms with Crippen molar-refractivity contribution in [1.29, 1.82) is 0 Å². The van der Waals surface area contributed by atoms with E-state index in [0.29, 0.717) is 18.8 Å². The molecule has 2 rings (SSSR count). The van der Waals surface area contributed by atoms with Gasteiger partial charge < -0.3 is 16.4 Å². The molecule has 4 nitrogen and oxygen atoms in total. The molecule has 0 aliphatic carbocycles. The Morgan fingerprint density at radius 1 is 1.17 bits per heavy atom. The van der Waals surface area contributed by atoms with Crippen molar-refractivity contribution in [2.45, 2.75) is 13.1 Å². The molecule has 0 unspecified atom stereocenters. The van der Waals surface area contributed by atoms with E-state index in [9.17, 15) is 18.0 Å². The molecular formula is C17H18F3N3O. The van der Waals surface area contributed by atoms with E-state index in [1.807, 2.05) is 6.92 Å². The van der Waals surface area contributed by atoms with E-state index in [0.717, 1.165) is 23.4 Å². The maximum atomic E-state index is 12.7. The SMILES string of the molecule is Cc1ccc(NC(=O)c2cccc(C(F)(F)F)c2)cc1NCCN. The summed E-state index contributed by atoms with van der Waals surface area (Å²) in [5, 5.41) is 5.72. The Balaban J connectivity index is 2.18. The van der Waals surface area contributed by atoms with Gasteiger partial charge in [0.2, 0.25) is 0 Å². The average molecular weight is 337 g/mol. The number of aryl methyl sites for hydroxylation is 1. The third kappa shape index (κ3) is 4.48. The van der Waals surface area contributed by atoms with Gasteiger partial charge in [-0.25, -0.2) is 0 Å². The number of hydrogen-bond donors (Lipinski definition) is 3. The molecule has 0 atom stereocenters. The quantitative estimate of drug-likeness (QED) is 0.780. The summed E-state index contributed by atoms with van der Waals surface area (Å²) >= 11 is 0. The number of halogens is 3. The number of amides is 1. The summed E-state index contributed by atoms with van der Waals surface area (Å²) in [6.45, 7) is 2.93. The number of anilines is 2. The fourth-order valence-corrected chi connectivity index (χ4v) is 2.14. The Labute approximate surface area is 137 Å². The predicted octanol–water partition coefficient (Wildman–Crippen LogP) is 3.64. The highest BCUT2D eigenvalue weighted by Crippen LogP contribution is 2.29. The molecule has 1 amide bonds. The molecule has 0 fully saturated rings. The molecule has 0 aromatic heterocycles. The first-order valence-electron chi connectivity index (χ1n) is 7.34. The van der Waals surface area contributed by atoms with Crippen molar-refractivity contribution in [2.24, 2.45) is 5.73 Å². The molecule has 128 valence electrons. The summed E-state index contributed by atoms with van der Waals surface area (Å²) in [5.41, 5.74) is 6.80. The molecule has 0 aliphatic heterocycles. The standard InChI is InChI=1S/C17H18F3N3O/c1-11-5-6-14(10-15(11)22-8-7-21)23-16(24)12-3-2-4-13(9-12)17(18,19)20/h2-6,9-10,22H,7-8,21H2,1H3,(H,23,24). The largest absolute Gasteiger partial charge is 0.416 e. The molecule has 24 heavy (non-hydrogen) atoms. The van der Waals surface area contributed by atoms with Gasteiger partial charge in [0.05, 0.1) is 5.56 Å². The monoisotopic (exact) mass is 337 g/mol. The number of benzene rings is 2. The van der Waals surface area contributed by atoms with Gasteiger partial charge in [0.25, 0.3) is 5.91 Å². The van der Waals surface area contributed by atoms with Crippen molar-refractivity contribution in [2.75, 3.05) is 23.7 Å². The van der Waals surface area contributed by atoms with E-state index in [1.165, 1.54) is 12.1 Å². The van der Waals surface area contributed by atoms with Crippen LogP contribution in [0.15, 0.2) is 42.5 Å². The summed E-state index contributed by atoms with van der Waals surface area (Å²) in [7, 11) is 0. The van der Waals surface area contributed by atoms with Crippen molar-refractivity contribution in [3.8, 4) is 0 Å². The van der Waals surface area contributed by atoms with Crippen LogP contribution in [-0.4, -0.2) is 19.0 Å². The first-order chi connectivity index (χ1) is 11.3. The Kier molecular flexibility index (Phi) is 5.46. The maximum absolute atomic E-state index is 12.7. The maximum Gasteiger partial charge on any atom is 0.416 e. The Morgan fingerprint density at radius 2 is 1.92 bits per heavy atom. The lowest BCUT2D eigenvalue weighted by molar-refractivity contribution is -0.137. The Morgan fingerprint density at radius 3 is 2.58 bits per heavy atom. The van der Waals surface area contributed by atoms with E-state index >= 15 is 0 Å². The second kappa shape index (κ2) is 7.35. The van der Waals surface area contributed by atoms with Gasteiger partial charge in [-0.3, -0.25) is 4.79 Å². The lowest BCUT2D eigenvalue weighted by Crippen LogP contribution is -2.15. The van der Waals surface area contributed by atoms with Gasteiger partial charge in [0.1, 0.15) is 0 Å². The van der Waals surface area contributed by atoms with Crippen LogP contribution >= 0.6 is 0 Å². The number of hydrogen-bond acceptors (Lipinski definition) is 3.